The van der Waals surface area contributed by atoms with Crippen molar-refractivity contribution in [1.29, 1.82) is 0 Å². The molecular formula is C30H31N7. The van der Waals surface area contributed by atoms with Crippen molar-refractivity contribution in [3.05, 3.63) is 72.2 Å². The number of rotatable bonds is 4. The third-order valence-corrected chi connectivity index (χ3v) is 7.89. The van der Waals surface area contributed by atoms with Gasteiger partial charge in [0.15, 0.2) is 0 Å². The Bertz CT molecular complexity index is 1560. The molecule has 4 heterocycles. The summed E-state index contributed by atoms with van der Waals surface area (Å²) in [5, 5.41) is 6.08. The van der Waals surface area contributed by atoms with Crippen molar-refractivity contribution >= 4 is 39.1 Å². The molecule has 37 heavy (non-hydrogen) atoms. The van der Waals surface area contributed by atoms with Gasteiger partial charge in [0.1, 0.15) is 0 Å². The van der Waals surface area contributed by atoms with Gasteiger partial charge in [0, 0.05) is 60.0 Å². The van der Waals surface area contributed by atoms with Crippen LogP contribution in [-0.2, 0) is 12.8 Å². The second-order valence-corrected chi connectivity index (χ2v) is 10.3. The molecule has 1 saturated heterocycles. The maximum atomic E-state index is 4.61. The molecule has 5 aromatic rings. The molecule has 0 unspecified atom stereocenters. The number of anilines is 3. The molecule has 186 valence electrons. The van der Waals surface area contributed by atoms with Crippen LogP contribution in [0.1, 0.15) is 24.0 Å². The Morgan fingerprint density at radius 3 is 2.32 bits per heavy atom. The van der Waals surface area contributed by atoms with Gasteiger partial charge in [-0.25, -0.2) is 9.97 Å². The van der Waals surface area contributed by atoms with E-state index in [1.54, 1.807) is 0 Å². The first-order valence-electron chi connectivity index (χ1n) is 13.3. The fraction of sp³-hybridized carbons (Fsp3) is 0.300. The van der Waals surface area contributed by atoms with Crippen LogP contribution in [0.3, 0.4) is 0 Å². The number of nitrogens with one attached hydrogen (secondary N) is 2. The Kier molecular flexibility index (Phi) is 5.51. The van der Waals surface area contributed by atoms with Gasteiger partial charge in [0.25, 0.3) is 0 Å². The second-order valence-electron chi connectivity index (χ2n) is 10.3. The fourth-order valence-electron chi connectivity index (χ4n) is 5.87. The van der Waals surface area contributed by atoms with Crippen molar-refractivity contribution in [2.45, 2.75) is 25.7 Å². The van der Waals surface area contributed by atoms with Crippen LogP contribution in [0.15, 0.2) is 61.1 Å². The van der Waals surface area contributed by atoms with Crippen LogP contribution in [0.5, 0.6) is 0 Å². The molecule has 0 spiro atoms. The zero-order valence-corrected chi connectivity index (χ0v) is 21.2. The van der Waals surface area contributed by atoms with Gasteiger partial charge < -0.3 is 20.1 Å². The number of piperazine rings is 1. The summed E-state index contributed by atoms with van der Waals surface area (Å²) in [5.74, 6) is 0.806. The number of H-pyrrole nitrogens is 1. The van der Waals surface area contributed by atoms with Crippen LogP contribution in [0.25, 0.3) is 33.1 Å². The van der Waals surface area contributed by atoms with E-state index < -0.39 is 0 Å². The first-order valence-corrected chi connectivity index (χ1v) is 13.3. The third-order valence-electron chi connectivity index (χ3n) is 7.89. The summed E-state index contributed by atoms with van der Waals surface area (Å²) in [5.41, 5.74) is 9.61. The van der Waals surface area contributed by atoms with E-state index in [4.69, 9.17) is 0 Å². The molecule has 1 aliphatic heterocycles. The quantitative estimate of drug-likeness (QED) is 0.345. The summed E-state index contributed by atoms with van der Waals surface area (Å²) in [4.78, 5) is 22.1. The normalized spacial score (nSPS) is 16.3. The lowest BCUT2D eigenvalue weighted by Crippen LogP contribution is -2.45. The Balaban J connectivity index is 1.16. The van der Waals surface area contributed by atoms with E-state index in [0.29, 0.717) is 0 Å². The molecule has 0 bridgehead atoms. The van der Waals surface area contributed by atoms with Gasteiger partial charge in [0.2, 0.25) is 5.95 Å². The van der Waals surface area contributed by atoms with E-state index in [1.165, 1.54) is 51.5 Å². The minimum absolute atomic E-state index is 0.806. The number of hydrogen-bond donors (Lipinski definition) is 2. The van der Waals surface area contributed by atoms with Crippen LogP contribution in [-0.4, -0.2) is 58.1 Å². The van der Waals surface area contributed by atoms with E-state index in [-0.39, 0.29) is 0 Å². The minimum Gasteiger partial charge on any atom is -0.354 e. The average molecular weight is 490 g/mol. The lowest BCUT2D eigenvalue weighted by atomic mass is 9.85. The van der Waals surface area contributed by atoms with Crippen molar-refractivity contribution in [1.82, 2.24) is 24.8 Å². The lowest BCUT2D eigenvalue weighted by Gasteiger charge is -2.32. The third kappa shape index (κ3) is 4.09. The fourth-order valence-corrected chi connectivity index (χ4v) is 5.87. The predicted octanol–water partition coefficient (Wildman–Crippen LogP) is 5.55. The number of pyridine rings is 1. The van der Waals surface area contributed by atoms with E-state index >= 15 is 0 Å². The first-order chi connectivity index (χ1) is 18.2. The van der Waals surface area contributed by atoms with Crippen LogP contribution in [0, 0.1) is 0 Å². The summed E-state index contributed by atoms with van der Waals surface area (Å²) in [7, 11) is 2.16. The Morgan fingerprint density at radius 1 is 0.784 bits per heavy atom. The SMILES string of the molecule is CN1CCN(c2ncc(Nc3ccc(-c4[nH]c5ccc6nccc6c5c5c4CCCC5)cc3)cn2)CC1. The predicted molar refractivity (Wildman–Crippen MR) is 151 cm³/mol. The van der Waals surface area contributed by atoms with Crippen LogP contribution < -0.4 is 10.2 Å². The zero-order chi connectivity index (χ0) is 24.8. The van der Waals surface area contributed by atoms with E-state index in [1.807, 2.05) is 18.6 Å². The Labute approximate surface area is 216 Å². The van der Waals surface area contributed by atoms with E-state index in [2.05, 4.69) is 84.6 Å². The standard InChI is InChI=1S/C30H31N7/c1-36-14-16-37(17-15-36)30-32-18-22(19-33-30)34-21-8-6-20(7-9-21)29-24-5-3-2-4-23(24)28-25-12-13-31-26(25)10-11-27(28)35-29/h6-13,18-19,34-35H,2-5,14-17H2,1H3. The summed E-state index contributed by atoms with van der Waals surface area (Å²) in [6.45, 7) is 4.02. The number of benzene rings is 2. The molecule has 7 nitrogen and oxygen atoms in total. The van der Waals surface area contributed by atoms with Gasteiger partial charge in [-0.2, -0.15) is 0 Å². The van der Waals surface area contributed by atoms with Crippen molar-refractivity contribution in [2.24, 2.45) is 0 Å². The number of aromatic nitrogens is 4. The summed E-state index contributed by atoms with van der Waals surface area (Å²) >= 11 is 0. The molecule has 0 saturated carbocycles. The molecule has 0 radical (unpaired) electrons. The first kappa shape index (κ1) is 22.2. The van der Waals surface area contributed by atoms with Crippen LogP contribution in [0.2, 0.25) is 0 Å². The monoisotopic (exact) mass is 489 g/mol. The number of aryl methyl sites for hydroxylation is 1. The van der Waals surface area contributed by atoms with E-state index in [0.717, 1.165) is 61.9 Å². The smallest absolute Gasteiger partial charge is 0.225 e. The van der Waals surface area contributed by atoms with Crippen molar-refractivity contribution < 1.29 is 0 Å². The second kappa shape index (κ2) is 9.16. The van der Waals surface area contributed by atoms with Gasteiger partial charge in [0.05, 0.1) is 23.6 Å². The minimum atomic E-state index is 0.806. The molecule has 1 aliphatic carbocycles. The van der Waals surface area contributed by atoms with Crippen molar-refractivity contribution in [3.63, 3.8) is 0 Å². The highest BCUT2D eigenvalue weighted by Gasteiger charge is 2.20. The average Bonchev–Trinajstić information content (AvgIpc) is 3.43. The lowest BCUT2D eigenvalue weighted by molar-refractivity contribution is 0.311. The van der Waals surface area contributed by atoms with Crippen molar-refractivity contribution in [3.8, 4) is 11.3 Å². The summed E-state index contributed by atoms with van der Waals surface area (Å²) in [6.07, 6.45) is 10.4. The zero-order valence-electron chi connectivity index (χ0n) is 21.2. The van der Waals surface area contributed by atoms with Gasteiger partial charge >= 0.3 is 0 Å². The molecule has 2 aromatic carbocycles. The van der Waals surface area contributed by atoms with Gasteiger partial charge in [-0.1, -0.05) is 12.1 Å². The molecule has 7 rings (SSSR count). The molecule has 2 N–H and O–H groups in total. The highest BCUT2D eigenvalue weighted by Crippen LogP contribution is 2.38. The highest BCUT2D eigenvalue weighted by atomic mass is 15.3. The van der Waals surface area contributed by atoms with Crippen LogP contribution >= 0.6 is 0 Å². The maximum Gasteiger partial charge on any atom is 0.225 e. The van der Waals surface area contributed by atoms with Gasteiger partial charge in [-0.3, -0.25) is 4.98 Å². The number of fused-ring (bicyclic) bond motifs is 5. The molecule has 2 aliphatic rings. The summed E-state index contributed by atoms with van der Waals surface area (Å²) < 4.78 is 0. The molecule has 0 atom stereocenters. The highest BCUT2D eigenvalue weighted by molar-refractivity contribution is 6.08. The maximum absolute atomic E-state index is 4.61. The number of nitrogens with zero attached hydrogens (tertiary/aromatic N) is 5. The van der Waals surface area contributed by atoms with Crippen molar-refractivity contribution in [2.75, 3.05) is 43.4 Å². The Hall–Kier alpha value is -3.97. The molecule has 3 aromatic heterocycles. The van der Waals surface area contributed by atoms with Crippen LogP contribution in [0.4, 0.5) is 17.3 Å². The molecular weight excluding hydrogens is 458 g/mol. The number of likely N-dealkylation sites (N-methyl/N-ethyl adjacent to an activating group) is 1. The van der Waals surface area contributed by atoms with Gasteiger partial charge in [-0.05, 0) is 79.8 Å². The van der Waals surface area contributed by atoms with E-state index in [9.17, 15) is 0 Å². The number of aromatic amines is 1. The summed E-state index contributed by atoms with van der Waals surface area (Å²) in [6, 6.07) is 15.2. The molecule has 0 amide bonds. The molecule has 7 heteroatoms. The Morgan fingerprint density at radius 2 is 1.54 bits per heavy atom. The topological polar surface area (TPSA) is 73.0 Å². The molecule has 1 fully saturated rings. The number of hydrogen-bond acceptors (Lipinski definition) is 6. The van der Waals surface area contributed by atoms with Gasteiger partial charge in [-0.15, -0.1) is 0 Å². The largest absolute Gasteiger partial charge is 0.354 e.